The Labute approximate surface area is 79.3 Å². The van der Waals surface area contributed by atoms with Crippen molar-refractivity contribution in [3.8, 4) is 0 Å². The van der Waals surface area contributed by atoms with Crippen molar-refractivity contribution in [1.82, 2.24) is 0 Å². The van der Waals surface area contributed by atoms with Crippen LogP contribution in [0.15, 0.2) is 34.3 Å². The predicted molar refractivity (Wildman–Crippen MR) is 49.0 cm³/mol. The van der Waals surface area contributed by atoms with Crippen molar-refractivity contribution >= 4 is 17.4 Å². The number of fused-ring (bicyclic) bond motifs is 2. The number of carbonyl (C=O) groups excluding carboxylic acids is 1. The van der Waals surface area contributed by atoms with Gasteiger partial charge in [-0.15, -0.1) is 0 Å². The van der Waals surface area contributed by atoms with E-state index in [1.165, 1.54) is 0 Å². The summed E-state index contributed by atoms with van der Waals surface area (Å²) in [6, 6.07) is 7.39. The maximum atomic E-state index is 11.4. The molecule has 4 heteroatoms. The van der Waals surface area contributed by atoms with Gasteiger partial charge < -0.3 is 4.74 Å². The van der Waals surface area contributed by atoms with Crippen LogP contribution in [0.1, 0.15) is 0 Å². The summed E-state index contributed by atoms with van der Waals surface area (Å²) in [5, 5.41) is 1.51. The Morgan fingerprint density at radius 2 is 2.14 bits per heavy atom. The van der Waals surface area contributed by atoms with E-state index in [-0.39, 0.29) is 12.6 Å². The first-order valence-corrected chi connectivity index (χ1v) is 4.26. The molecule has 0 unspecified atom stereocenters. The zero-order chi connectivity index (χ0) is 9.54. The molecule has 14 heavy (non-hydrogen) atoms. The average Bonchev–Trinajstić information content (AvgIpc) is 2.67. The topological polar surface area (TPSA) is 51.0 Å². The first kappa shape index (κ1) is 7.44. The Bertz CT molecular complexity index is 572. The van der Waals surface area contributed by atoms with Crippen molar-refractivity contribution in [2.45, 2.75) is 0 Å². The van der Waals surface area contributed by atoms with Crippen LogP contribution in [0.25, 0.3) is 5.76 Å². The Kier molecular flexibility index (Phi) is 1.33. The van der Waals surface area contributed by atoms with Crippen LogP contribution >= 0.6 is 0 Å². The number of benzene rings is 1. The number of carbonyl (C=O) groups is 1. The summed E-state index contributed by atoms with van der Waals surface area (Å²) in [4.78, 5) is 19.3. The molecule has 0 atom stereocenters. The Morgan fingerprint density at radius 1 is 1.29 bits per heavy atom. The molecule has 3 rings (SSSR count). The van der Waals surface area contributed by atoms with E-state index in [4.69, 9.17) is 4.74 Å². The molecule has 68 valence electrons. The third kappa shape index (κ3) is 0.849. The van der Waals surface area contributed by atoms with Gasteiger partial charge in [0.15, 0.2) is 18.2 Å². The molecule has 0 N–H and O–H groups in total. The van der Waals surface area contributed by atoms with Gasteiger partial charge in [-0.3, -0.25) is 4.79 Å². The number of aliphatic imine (C=N–C) groups is 1. The SMILES string of the molecule is O=C1N=c2ccccc2=C2OCN=C12. The largest absolute Gasteiger partial charge is 0.468 e. The van der Waals surface area contributed by atoms with Crippen LogP contribution in [-0.4, -0.2) is 18.3 Å². The molecular weight excluding hydrogens is 180 g/mol. The molecule has 2 heterocycles. The summed E-state index contributed by atoms with van der Waals surface area (Å²) < 4.78 is 5.29. The predicted octanol–water partition coefficient (Wildman–Crippen LogP) is -0.617. The molecule has 0 aliphatic carbocycles. The van der Waals surface area contributed by atoms with Crippen LogP contribution < -0.4 is 10.6 Å². The Morgan fingerprint density at radius 3 is 3.07 bits per heavy atom. The molecule has 2 aliphatic rings. The monoisotopic (exact) mass is 186 g/mol. The van der Waals surface area contributed by atoms with Crippen molar-refractivity contribution in [2.24, 2.45) is 9.98 Å². The molecule has 0 radical (unpaired) electrons. The zero-order valence-corrected chi connectivity index (χ0v) is 7.23. The number of hydrogen-bond donors (Lipinski definition) is 0. The quantitative estimate of drug-likeness (QED) is 0.542. The maximum absolute atomic E-state index is 11.4. The second-order valence-electron chi connectivity index (χ2n) is 3.04. The van der Waals surface area contributed by atoms with Gasteiger partial charge >= 0.3 is 0 Å². The summed E-state index contributed by atoms with van der Waals surface area (Å²) in [7, 11) is 0. The minimum absolute atomic E-state index is 0.222. The molecule has 0 saturated heterocycles. The Balaban J connectivity index is 2.51. The number of rotatable bonds is 0. The third-order valence-electron chi connectivity index (χ3n) is 2.22. The maximum Gasteiger partial charge on any atom is 0.299 e. The van der Waals surface area contributed by atoms with E-state index < -0.39 is 0 Å². The smallest absolute Gasteiger partial charge is 0.299 e. The highest BCUT2D eigenvalue weighted by atomic mass is 16.5. The van der Waals surface area contributed by atoms with Crippen LogP contribution in [-0.2, 0) is 9.53 Å². The van der Waals surface area contributed by atoms with E-state index >= 15 is 0 Å². The van der Waals surface area contributed by atoms with Gasteiger partial charge in [-0.1, -0.05) is 12.1 Å². The van der Waals surface area contributed by atoms with Crippen molar-refractivity contribution in [3.05, 3.63) is 34.8 Å². The van der Waals surface area contributed by atoms with E-state index in [0.717, 1.165) is 5.22 Å². The highest BCUT2D eigenvalue weighted by molar-refractivity contribution is 6.53. The molecule has 4 nitrogen and oxygen atoms in total. The van der Waals surface area contributed by atoms with Crippen LogP contribution in [0.5, 0.6) is 0 Å². The van der Waals surface area contributed by atoms with Gasteiger partial charge in [-0.25, -0.2) is 9.98 Å². The molecule has 0 fully saturated rings. The lowest BCUT2D eigenvalue weighted by atomic mass is 10.1. The van der Waals surface area contributed by atoms with Gasteiger partial charge in [0.1, 0.15) is 0 Å². The van der Waals surface area contributed by atoms with Gasteiger partial charge in [0.2, 0.25) is 0 Å². The van der Waals surface area contributed by atoms with Crippen LogP contribution in [0.2, 0.25) is 0 Å². The molecule has 1 aromatic carbocycles. The van der Waals surface area contributed by atoms with Crippen molar-refractivity contribution in [3.63, 3.8) is 0 Å². The summed E-state index contributed by atoms with van der Waals surface area (Å²) in [6.45, 7) is 0.222. The van der Waals surface area contributed by atoms with E-state index in [0.29, 0.717) is 16.8 Å². The summed E-state index contributed by atoms with van der Waals surface area (Å²) in [5.74, 6) is 0.261. The second-order valence-corrected chi connectivity index (χ2v) is 3.04. The van der Waals surface area contributed by atoms with Crippen molar-refractivity contribution in [1.29, 1.82) is 0 Å². The van der Waals surface area contributed by atoms with Gasteiger partial charge in [0.25, 0.3) is 5.91 Å². The van der Waals surface area contributed by atoms with Crippen molar-refractivity contribution in [2.75, 3.05) is 6.73 Å². The molecule has 0 bridgehead atoms. The average molecular weight is 186 g/mol. The molecule has 0 saturated carbocycles. The van der Waals surface area contributed by atoms with E-state index in [1.54, 1.807) is 6.07 Å². The molecule has 0 spiro atoms. The van der Waals surface area contributed by atoms with Gasteiger partial charge in [0, 0.05) is 5.22 Å². The van der Waals surface area contributed by atoms with Gasteiger partial charge in [-0.05, 0) is 12.1 Å². The number of ether oxygens (including phenoxy) is 1. The van der Waals surface area contributed by atoms with E-state index in [9.17, 15) is 4.79 Å². The molecule has 2 aliphatic heterocycles. The fourth-order valence-electron chi connectivity index (χ4n) is 1.60. The van der Waals surface area contributed by atoms with Crippen LogP contribution in [0, 0.1) is 0 Å². The van der Waals surface area contributed by atoms with Crippen molar-refractivity contribution < 1.29 is 9.53 Å². The summed E-state index contributed by atoms with van der Waals surface area (Å²) in [6.07, 6.45) is 0. The number of hydrogen-bond acceptors (Lipinski definition) is 3. The highest BCUT2D eigenvalue weighted by Gasteiger charge is 2.25. The normalized spacial score (nSPS) is 17.9. The molecule has 0 aromatic heterocycles. The minimum Gasteiger partial charge on any atom is -0.468 e. The molecular formula is C10H6N2O2. The third-order valence-corrected chi connectivity index (χ3v) is 2.22. The fraction of sp³-hybridized carbons (Fsp3) is 0.100. The van der Waals surface area contributed by atoms with Gasteiger partial charge in [0.05, 0.1) is 5.36 Å². The summed E-state index contributed by atoms with van der Waals surface area (Å²) in [5.41, 5.74) is 0.351. The van der Waals surface area contributed by atoms with Crippen LogP contribution in [0.3, 0.4) is 0 Å². The highest BCUT2D eigenvalue weighted by Crippen LogP contribution is 2.11. The summed E-state index contributed by atoms with van der Waals surface area (Å²) >= 11 is 0. The lowest BCUT2D eigenvalue weighted by molar-refractivity contribution is -0.112. The number of amides is 1. The fourth-order valence-corrected chi connectivity index (χ4v) is 1.60. The second kappa shape index (κ2) is 2.51. The van der Waals surface area contributed by atoms with Crippen LogP contribution in [0.4, 0.5) is 0 Å². The lowest BCUT2D eigenvalue weighted by Crippen LogP contribution is -2.36. The first-order valence-electron chi connectivity index (χ1n) is 4.26. The molecule has 1 amide bonds. The first-order chi connectivity index (χ1) is 6.86. The number of nitrogens with zero attached hydrogens (tertiary/aromatic N) is 2. The number of para-hydroxylation sites is 1. The van der Waals surface area contributed by atoms with Gasteiger partial charge in [-0.2, -0.15) is 0 Å². The van der Waals surface area contributed by atoms with E-state index in [2.05, 4.69) is 9.98 Å². The van der Waals surface area contributed by atoms with E-state index in [1.807, 2.05) is 18.2 Å². The lowest BCUT2D eigenvalue weighted by Gasteiger charge is -2.04. The Hall–Kier alpha value is -1.97. The molecule has 1 aromatic rings. The zero-order valence-electron chi connectivity index (χ0n) is 7.23. The minimum atomic E-state index is -0.309. The standard InChI is InChI=1S/C10H6N2O2/c13-10-8-9(14-5-11-8)6-3-1-2-4-7(6)12-10/h1-4H,5H2.